The highest BCUT2D eigenvalue weighted by Crippen LogP contribution is 2.38. The Morgan fingerprint density at radius 2 is 1.48 bits per heavy atom. The summed E-state index contributed by atoms with van der Waals surface area (Å²) in [6.45, 7) is 4.03. The Kier molecular flexibility index (Phi) is 8.46. The molecule has 0 aliphatic carbocycles. The van der Waals surface area contributed by atoms with E-state index in [0.717, 1.165) is 0 Å². The number of anilines is 1. The van der Waals surface area contributed by atoms with Crippen molar-refractivity contribution in [3.8, 4) is 11.5 Å². The molecular weight excluding hydrogens is 424 g/mol. The number of hydrogen-bond donors (Lipinski definition) is 0. The van der Waals surface area contributed by atoms with Crippen LogP contribution < -0.4 is 14.4 Å². The zero-order valence-electron chi connectivity index (χ0n) is 19.5. The number of methoxy groups -OCH3 is 3. The van der Waals surface area contributed by atoms with Gasteiger partial charge >= 0.3 is 0 Å². The van der Waals surface area contributed by atoms with Gasteiger partial charge in [0, 0.05) is 32.9 Å². The van der Waals surface area contributed by atoms with Crippen LogP contribution in [-0.2, 0) is 19.1 Å². The molecule has 0 bridgehead atoms. The fourth-order valence-corrected chi connectivity index (χ4v) is 3.74. The highest BCUT2D eigenvalue weighted by atomic mass is 16.5. The normalized spacial score (nSPS) is 13.6. The number of benzene rings is 2. The minimum Gasteiger partial charge on any atom is -0.496 e. The third kappa shape index (κ3) is 5.18. The van der Waals surface area contributed by atoms with E-state index in [1.54, 1.807) is 50.6 Å². The van der Waals surface area contributed by atoms with Crippen LogP contribution in [0.15, 0.2) is 54.2 Å². The molecule has 0 spiro atoms. The molecule has 0 aromatic heterocycles. The van der Waals surface area contributed by atoms with Crippen molar-refractivity contribution in [1.82, 2.24) is 4.90 Å². The van der Waals surface area contributed by atoms with Gasteiger partial charge < -0.3 is 23.8 Å². The zero-order valence-corrected chi connectivity index (χ0v) is 19.5. The van der Waals surface area contributed by atoms with Gasteiger partial charge in [0.1, 0.15) is 17.2 Å². The van der Waals surface area contributed by atoms with E-state index in [1.165, 1.54) is 12.0 Å². The fraction of sp³-hybridized carbons (Fsp3) is 0.360. The minimum absolute atomic E-state index is 0.290. The van der Waals surface area contributed by atoms with Gasteiger partial charge in [0.2, 0.25) is 0 Å². The monoisotopic (exact) mass is 454 g/mol. The summed E-state index contributed by atoms with van der Waals surface area (Å²) >= 11 is 0. The fourth-order valence-electron chi connectivity index (χ4n) is 3.74. The summed E-state index contributed by atoms with van der Waals surface area (Å²) in [5, 5.41) is 0. The van der Waals surface area contributed by atoms with Crippen LogP contribution in [0.25, 0.3) is 5.57 Å². The maximum absolute atomic E-state index is 13.7. The molecule has 176 valence electrons. The van der Waals surface area contributed by atoms with E-state index >= 15 is 0 Å². The Morgan fingerprint density at radius 1 is 0.848 bits per heavy atom. The Bertz CT molecular complexity index is 994. The summed E-state index contributed by atoms with van der Waals surface area (Å²) < 4.78 is 21.5. The third-order valence-electron chi connectivity index (χ3n) is 5.29. The Hall–Kier alpha value is -3.36. The van der Waals surface area contributed by atoms with E-state index in [9.17, 15) is 9.59 Å². The molecule has 2 amide bonds. The number of amides is 2. The Balaban J connectivity index is 2.12. The molecule has 2 aromatic rings. The van der Waals surface area contributed by atoms with E-state index in [0.29, 0.717) is 66.9 Å². The molecule has 8 nitrogen and oxygen atoms in total. The van der Waals surface area contributed by atoms with Crippen LogP contribution in [-0.4, -0.2) is 71.0 Å². The van der Waals surface area contributed by atoms with Crippen LogP contribution in [0, 0.1) is 0 Å². The van der Waals surface area contributed by atoms with Gasteiger partial charge in [0.05, 0.1) is 38.2 Å². The standard InChI is InChI=1S/C25H30N2O6/c1-5-33-19-12-10-18(11-13-19)27-24(28)22(20-8-6-7-9-21(20)32-4)23(25(27)29)26(14-16-30-2)15-17-31-3/h6-13H,5,14-17H2,1-4H3. The quantitative estimate of drug-likeness (QED) is 0.456. The molecule has 3 rings (SSSR count). The lowest BCUT2D eigenvalue weighted by Gasteiger charge is -2.25. The van der Waals surface area contributed by atoms with E-state index in [-0.39, 0.29) is 0 Å². The predicted molar refractivity (Wildman–Crippen MR) is 125 cm³/mol. The topological polar surface area (TPSA) is 77.5 Å². The molecule has 33 heavy (non-hydrogen) atoms. The highest BCUT2D eigenvalue weighted by molar-refractivity contribution is 6.45. The van der Waals surface area contributed by atoms with Gasteiger partial charge in [-0.15, -0.1) is 0 Å². The molecule has 1 aliphatic heterocycles. The second kappa shape index (κ2) is 11.5. The van der Waals surface area contributed by atoms with E-state index in [4.69, 9.17) is 18.9 Å². The van der Waals surface area contributed by atoms with Gasteiger partial charge in [-0.2, -0.15) is 0 Å². The molecule has 0 N–H and O–H groups in total. The number of imide groups is 1. The minimum atomic E-state index is -0.413. The van der Waals surface area contributed by atoms with Crippen molar-refractivity contribution >= 4 is 23.1 Å². The first-order valence-corrected chi connectivity index (χ1v) is 10.8. The summed E-state index contributed by atoms with van der Waals surface area (Å²) in [6.07, 6.45) is 0. The number of ether oxygens (including phenoxy) is 4. The molecule has 0 saturated heterocycles. The molecule has 0 radical (unpaired) electrons. The van der Waals surface area contributed by atoms with Crippen LogP contribution in [0.3, 0.4) is 0 Å². The molecule has 0 saturated carbocycles. The third-order valence-corrected chi connectivity index (χ3v) is 5.29. The van der Waals surface area contributed by atoms with Gasteiger partial charge in [-0.25, -0.2) is 4.90 Å². The lowest BCUT2D eigenvalue weighted by Crippen LogP contribution is -2.37. The number of carbonyl (C=O) groups excluding carboxylic acids is 2. The maximum atomic E-state index is 13.7. The van der Waals surface area contributed by atoms with E-state index < -0.39 is 11.8 Å². The van der Waals surface area contributed by atoms with Gasteiger partial charge in [-0.1, -0.05) is 18.2 Å². The van der Waals surface area contributed by atoms with Gasteiger partial charge in [0.15, 0.2) is 0 Å². The van der Waals surface area contributed by atoms with Crippen molar-refractivity contribution in [2.45, 2.75) is 6.92 Å². The first kappa shape index (κ1) is 24.3. The number of hydrogen-bond acceptors (Lipinski definition) is 7. The average Bonchev–Trinajstić information content (AvgIpc) is 3.09. The molecule has 2 aromatic carbocycles. The smallest absolute Gasteiger partial charge is 0.282 e. The largest absolute Gasteiger partial charge is 0.496 e. The van der Waals surface area contributed by atoms with Crippen LogP contribution in [0.2, 0.25) is 0 Å². The number of carbonyl (C=O) groups is 2. The van der Waals surface area contributed by atoms with Crippen molar-refractivity contribution in [2.24, 2.45) is 0 Å². The number of para-hydroxylation sites is 1. The molecule has 0 unspecified atom stereocenters. The summed E-state index contributed by atoms with van der Waals surface area (Å²) in [7, 11) is 4.73. The molecule has 0 fully saturated rings. The molecular formula is C25H30N2O6. The summed E-state index contributed by atoms with van der Waals surface area (Å²) in [5.41, 5.74) is 1.61. The second-order valence-corrected chi connectivity index (χ2v) is 7.27. The van der Waals surface area contributed by atoms with Crippen LogP contribution >= 0.6 is 0 Å². The van der Waals surface area contributed by atoms with Gasteiger partial charge in [-0.3, -0.25) is 9.59 Å². The lowest BCUT2D eigenvalue weighted by atomic mass is 10.0. The van der Waals surface area contributed by atoms with Crippen molar-refractivity contribution in [2.75, 3.05) is 59.1 Å². The van der Waals surface area contributed by atoms with Crippen LogP contribution in [0.5, 0.6) is 11.5 Å². The molecule has 1 heterocycles. The average molecular weight is 455 g/mol. The highest BCUT2D eigenvalue weighted by Gasteiger charge is 2.43. The van der Waals surface area contributed by atoms with Crippen molar-refractivity contribution < 1.29 is 28.5 Å². The van der Waals surface area contributed by atoms with E-state index in [1.807, 2.05) is 24.0 Å². The van der Waals surface area contributed by atoms with Crippen LogP contribution in [0.1, 0.15) is 12.5 Å². The van der Waals surface area contributed by atoms with Gasteiger partial charge in [0.25, 0.3) is 11.8 Å². The predicted octanol–water partition coefficient (Wildman–Crippen LogP) is 2.97. The zero-order chi connectivity index (χ0) is 23.8. The first-order valence-electron chi connectivity index (χ1n) is 10.8. The van der Waals surface area contributed by atoms with Crippen molar-refractivity contribution in [3.63, 3.8) is 0 Å². The molecule has 1 aliphatic rings. The van der Waals surface area contributed by atoms with Crippen molar-refractivity contribution in [3.05, 3.63) is 59.8 Å². The van der Waals surface area contributed by atoms with E-state index in [2.05, 4.69) is 0 Å². The molecule has 8 heteroatoms. The van der Waals surface area contributed by atoms with Crippen molar-refractivity contribution in [1.29, 1.82) is 0 Å². The summed E-state index contributed by atoms with van der Waals surface area (Å²) in [4.78, 5) is 30.5. The van der Waals surface area contributed by atoms with Crippen LogP contribution in [0.4, 0.5) is 5.69 Å². The SMILES string of the molecule is CCOc1ccc(N2C(=O)C(c3ccccc3OC)=C(N(CCOC)CCOC)C2=O)cc1. The summed E-state index contributed by atoms with van der Waals surface area (Å²) in [6, 6.07) is 14.1. The maximum Gasteiger partial charge on any atom is 0.282 e. The number of rotatable bonds is 12. The number of nitrogens with zero attached hydrogens (tertiary/aromatic N) is 2. The summed E-state index contributed by atoms with van der Waals surface area (Å²) in [5.74, 6) is 0.360. The first-order chi connectivity index (χ1) is 16.1. The second-order valence-electron chi connectivity index (χ2n) is 7.27. The Morgan fingerprint density at radius 3 is 2.06 bits per heavy atom. The molecule has 0 atom stereocenters. The van der Waals surface area contributed by atoms with Gasteiger partial charge in [-0.05, 0) is 37.3 Å². The Labute approximate surface area is 194 Å². The lowest BCUT2D eigenvalue weighted by molar-refractivity contribution is -0.120.